The minimum absolute atomic E-state index is 0.00475. The predicted molar refractivity (Wildman–Crippen MR) is 102 cm³/mol. The van der Waals surface area contributed by atoms with Crippen molar-refractivity contribution in [1.82, 2.24) is 0 Å². The Morgan fingerprint density at radius 1 is 1.04 bits per heavy atom. The third-order valence-corrected chi connectivity index (χ3v) is 4.47. The monoisotopic (exact) mass is 377 g/mol. The second kappa shape index (κ2) is 9.21. The number of sulfonamides is 1. The summed E-state index contributed by atoms with van der Waals surface area (Å²) in [6.07, 6.45) is 2.10. The summed E-state index contributed by atoms with van der Waals surface area (Å²) in [6, 6.07) is 13.0. The van der Waals surface area contributed by atoms with Gasteiger partial charge in [0.15, 0.2) is 0 Å². The molecule has 0 saturated heterocycles. The number of anilines is 2. The molecule has 0 fully saturated rings. The summed E-state index contributed by atoms with van der Waals surface area (Å²) in [7, 11) is -3.74. The molecular weight excluding hydrogens is 354 g/mol. The summed E-state index contributed by atoms with van der Waals surface area (Å²) in [4.78, 5) is 12.0. The Morgan fingerprint density at radius 2 is 1.65 bits per heavy atom. The molecule has 2 aromatic rings. The van der Waals surface area contributed by atoms with E-state index >= 15 is 0 Å². The first-order chi connectivity index (χ1) is 12.4. The molecule has 0 aromatic heterocycles. The van der Waals surface area contributed by atoms with Crippen LogP contribution in [-0.4, -0.2) is 27.5 Å². The molecule has 2 aromatic carbocycles. The molecule has 4 N–H and O–H groups in total. The number of rotatable bonds is 9. The van der Waals surface area contributed by atoms with E-state index in [2.05, 4.69) is 17.6 Å². The van der Waals surface area contributed by atoms with Gasteiger partial charge in [-0.05, 0) is 55.0 Å². The molecule has 0 saturated carbocycles. The zero-order chi connectivity index (χ0) is 19.0. The molecule has 0 atom stereocenters. The van der Waals surface area contributed by atoms with E-state index in [0.717, 1.165) is 24.3 Å². The molecule has 0 aliphatic carbocycles. The van der Waals surface area contributed by atoms with Gasteiger partial charge in [0, 0.05) is 11.4 Å². The maximum absolute atomic E-state index is 12.0. The Hall–Kier alpha value is -2.58. The number of carbonyl (C=O) groups is 1. The van der Waals surface area contributed by atoms with Gasteiger partial charge in [0.05, 0.1) is 18.0 Å². The van der Waals surface area contributed by atoms with E-state index < -0.39 is 10.0 Å². The molecule has 7 nitrogen and oxygen atoms in total. The number of hydrogen-bond acceptors (Lipinski definition) is 5. The number of unbranched alkanes of at least 4 members (excludes halogenated alkanes) is 1. The van der Waals surface area contributed by atoms with Gasteiger partial charge in [-0.1, -0.05) is 13.3 Å². The third kappa shape index (κ3) is 6.38. The van der Waals surface area contributed by atoms with Gasteiger partial charge in [-0.3, -0.25) is 4.79 Å². The van der Waals surface area contributed by atoms with Crippen molar-refractivity contribution in [2.45, 2.75) is 24.7 Å². The lowest BCUT2D eigenvalue weighted by atomic mass is 10.3. The first-order valence-electron chi connectivity index (χ1n) is 8.28. The van der Waals surface area contributed by atoms with Crippen LogP contribution < -0.4 is 20.5 Å². The number of nitrogens with two attached hydrogens (primary N) is 1. The van der Waals surface area contributed by atoms with Gasteiger partial charge >= 0.3 is 0 Å². The number of amides is 1. The van der Waals surface area contributed by atoms with Crippen LogP contribution in [0.4, 0.5) is 11.4 Å². The van der Waals surface area contributed by atoms with Crippen LogP contribution in [0.1, 0.15) is 19.8 Å². The Kier molecular flexibility index (Phi) is 6.99. The van der Waals surface area contributed by atoms with Crippen LogP contribution in [0.3, 0.4) is 0 Å². The standard InChI is InChI=1S/C18H23N3O4S/c1-2-3-12-25-16-8-4-14(5-9-16)20-13-18(22)21-15-6-10-17(11-7-15)26(19,23)24/h4-11,20H,2-3,12-13H2,1H3,(H,21,22)(H2,19,23,24). The zero-order valence-electron chi connectivity index (χ0n) is 14.6. The van der Waals surface area contributed by atoms with Gasteiger partial charge in [0.25, 0.3) is 0 Å². The fraction of sp³-hybridized carbons (Fsp3) is 0.278. The van der Waals surface area contributed by atoms with Crippen molar-refractivity contribution in [2.24, 2.45) is 5.14 Å². The molecule has 26 heavy (non-hydrogen) atoms. The van der Waals surface area contributed by atoms with E-state index in [4.69, 9.17) is 9.88 Å². The maximum atomic E-state index is 12.0. The van der Waals surface area contributed by atoms with Crippen molar-refractivity contribution < 1.29 is 17.9 Å². The van der Waals surface area contributed by atoms with Crippen molar-refractivity contribution in [3.8, 4) is 5.75 Å². The third-order valence-electron chi connectivity index (χ3n) is 3.54. The summed E-state index contributed by atoms with van der Waals surface area (Å²) < 4.78 is 28.0. The highest BCUT2D eigenvalue weighted by Gasteiger charge is 2.08. The molecule has 0 aliphatic heterocycles. The Morgan fingerprint density at radius 3 is 2.23 bits per heavy atom. The van der Waals surface area contributed by atoms with Crippen molar-refractivity contribution in [3.05, 3.63) is 48.5 Å². The topological polar surface area (TPSA) is 111 Å². The largest absolute Gasteiger partial charge is 0.494 e. The van der Waals surface area contributed by atoms with Crippen LogP contribution >= 0.6 is 0 Å². The lowest BCUT2D eigenvalue weighted by Gasteiger charge is -2.09. The Balaban J connectivity index is 1.81. The summed E-state index contributed by atoms with van der Waals surface area (Å²) in [6.45, 7) is 2.87. The van der Waals surface area contributed by atoms with Crippen molar-refractivity contribution in [3.63, 3.8) is 0 Å². The predicted octanol–water partition coefficient (Wildman–Crippen LogP) is 2.56. The zero-order valence-corrected chi connectivity index (χ0v) is 15.4. The van der Waals surface area contributed by atoms with Crippen LogP contribution in [0, 0.1) is 0 Å². The minimum Gasteiger partial charge on any atom is -0.494 e. The summed E-state index contributed by atoms with van der Waals surface area (Å²) >= 11 is 0. The number of ether oxygens (including phenoxy) is 1. The highest BCUT2D eigenvalue weighted by atomic mass is 32.2. The van der Waals surface area contributed by atoms with E-state index in [1.54, 1.807) is 0 Å². The van der Waals surface area contributed by atoms with Crippen molar-refractivity contribution in [2.75, 3.05) is 23.8 Å². The molecular formula is C18H23N3O4S. The first kappa shape index (κ1) is 19.7. The number of nitrogens with one attached hydrogen (secondary N) is 2. The second-order valence-electron chi connectivity index (χ2n) is 5.70. The second-order valence-corrected chi connectivity index (χ2v) is 7.26. The minimum atomic E-state index is -3.74. The number of hydrogen-bond donors (Lipinski definition) is 3. The fourth-order valence-corrected chi connectivity index (χ4v) is 2.63. The molecule has 1 amide bonds. The highest BCUT2D eigenvalue weighted by Crippen LogP contribution is 2.16. The molecule has 0 aliphatic rings. The molecule has 0 bridgehead atoms. The average Bonchev–Trinajstić information content (AvgIpc) is 2.61. The molecule has 0 spiro atoms. The lowest BCUT2D eigenvalue weighted by molar-refractivity contribution is -0.114. The van der Waals surface area contributed by atoms with E-state index in [1.165, 1.54) is 24.3 Å². The molecule has 0 heterocycles. The maximum Gasteiger partial charge on any atom is 0.243 e. The van der Waals surface area contributed by atoms with E-state index in [0.29, 0.717) is 12.3 Å². The fourth-order valence-electron chi connectivity index (χ4n) is 2.12. The first-order valence-corrected chi connectivity index (χ1v) is 9.82. The molecule has 8 heteroatoms. The quantitative estimate of drug-likeness (QED) is 0.582. The Bertz CT molecular complexity index is 819. The normalized spacial score (nSPS) is 11.0. The summed E-state index contributed by atoms with van der Waals surface area (Å²) in [5, 5.41) is 10.7. The van der Waals surface area contributed by atoms with Gasteiger partial charge < -0.3 is 15.4 Å². The van der Waals surface area contributed by atoms with E-state index in [-0.39, 0.29) is 17.3 Å². The van der Waals surface area contributed by atoms with Crippen LogP contribution in [0.2, 0.25) is 0 Å². The molecule has 0 radical (unpaired) electrons. The SMILES string of the molecule is CCCCOc1ccc(NCC(=O)Nc2ccc(S(N)(=O)=O)cc2)cc1. The van der Waals surface area contributed by atoms with Crippen LogP contribution in [0.25, 0.3) is 0 Å². The summed E-state index contributed by atoms with van der Waals surface area (Å²) in [5.74, 6) is 0.542. The van der Waals surface area contributed by atoms with Gasteiger partial charge in [-0.25, -0.2) is 13.6 Å². The van der Waals surface area contributed by atoms with E-state index in [1.807, 2.05) is 24.3 Å². The smallest absolute Gasteiger partial charge is 0.243 e. The van der Waals surface area contributed by atoms with Crippen LogP contribution in [-0.2, 0) is 14.8 Å². The summed E-state index contributed by atoms with van der Waals surface area (Å²) in [5.41, 5.74) is 1.29. The van der Waals surface area contributed by atoms with Crippen molar-refractivity contribution in [1.29, 1.82) is 0 Å². The Labute approximate surface area is 153 Å². The van der Waals surface area contributed by atoms with Crippen LogP contribution in [0.5, 0.6) is 5.75 Å². The number of carbonyl (C=O) groups excluding carboxylic acids is 1. The molecule has 2 rings (SSSR count). The highest BCUT2D eigenvalue weighted by molar-refractivity contribution is 7.89. The molecule has 0 unspecified atom stereocenters. The number of benzene rings is 2. The van der Waals surface area contributed by atoms with Gasteiger partial charge in [-0.2, -0.15) is 0 Å². The van der Waals surface area contributed by atoms with Crippen molar-refractivity contribution >= 4 is 27.3 Å². The van der Waals surface area contributed by atoms with Crippen LogP contribution in [0.15, 0.2) is 53.4 Å². The average molecular weight is 377 g/mol. The lowest BCUT2D eigenvalue weighted by Crippen LogP contribution is -2.21. The van der Waals surface area contributed by atoms with Gasteiger partial charge in [-0.15, -0.1) is 0 Å². The van der Waals surface area contributed by atoms with E-state index in [9.17, 15) is 13.2 Å². The van der Waals surface area contributed by atoms with Gasteiger partial charge in [0.1, 0.15) is 5.75 Å². The molecule has 140 valence electrons. The van der Waals surface area contributed by atoms with Gasteiger partial charge in [0.2, 0.25) is 15.9 Å². The number of primary sulfonamides is 1.